The van der Waals surface area contributed by atoms with Crippen molar-refractivity contribution >= 4 is 45.6 Å². The molecule has 258 valence electrons. The number of allylic oxidation sites excluding steroid dienone is 12. The zero-order valence-corrected chi connectivity index (χ0v) is 30.6. The van der Waals surface area contributed by atoms with Crippen molar-refractivity contribution in [1.29, 1.82) is 0 Å². The minimum atomic E-state index is 0.0153. The fourth-order valence-electron chi connectivity index (χ4n) is 9.39. The van der Waals surface area contributed by atoms with E-state index in [1.807, 2.05) is 0 Å². The molecule has 1 aromatic heterocycles. The summed E-state index contributed by atoms with van der Waals surface area (Å²) in [4.78, 5) is 2.43. The first-order valence-corrected chi connectivity index (χ1v) is 19.3. The van der Waals surface area contributed by atoms with Crippen LogP contribution in [0.1, 0.15) is 62.6 Å². The molecule has 0 bridgehead atoms. The lowest BCUT2D eigenvalue weighted by atomic mass is 9.78. The van der Waals surface area contributed by atoms with Gasteiger partial charge in [0, 0.05) is 50.9 Å². The highest BCUT2D eigenvalue weighted by molar-refractivity contribution is 5.89. The first kappa shape index (κ1) is 31.8. The summed E-state index contributed by atoms with van der Waals surface area (Å²) in [5, 5.41) is 2.73. The van der Waals surface area contributed by atoms with E-state index in [2.05, 4.69) is 187 Å². The fourth-order valence-corrected chi connectivity index (χ4v) is 9.39. The molecule has 2 nitrogen and oxygen atoms in total. The molecule has 0 aliphatic heterocycles. The van der Waals surface area contributed by atoms with E-state index in [4.69, 9.17) is 0 Å². The van der Waals surface area contributed by atoms with Crippen molar-refractivity contribution in [2.75, 3.05) is 4.90 Å². The van der Waals surface area contributed by atoms with Crippen LogP contribution in [0.2, 0.25) is 0 Å². The van der Waals surface area contributed by atoms with Crippen LogP contribution >= 0.6 is 0 Å². The second-order valence-corrected chi connectivity index (χ2v) is 15.6. The maximum Gasteiger partial charge on any atom is 0.0488 e. The summed E-state index contributed by atoms with van der Waals surface area (Å²) in [6, 6.07) is 38.4. The largest absolute Gasteiger partial charge is 0.321 e. The second kappa shape index (κ2) is 12.7. The summed E-state index contributed by atoms with van der Waals surface area (Å²) in [7, 11) is 0. The van der Waals surface area contributed by atoms with E-state index < -0.39 is 0 Å². The number of rotatable bonds is 6. The summed E-state index contributed by atoms with van der Waals surface area (Å²) in [6.45, 7) is 4.82. The Balaban J connectivity index is 0.989. The number of hydrogen-bond acceptors (Lipinski definition) is 1. The predicted molar refractivity (Wildman–Crippen MR) is 224 cm³/mol. The number of anilines is 3. The topological polar surface area (TPSA) is 8.17 Å². The Morgan fingerprint density at radius 3 is 2.23 bits per heavy atom. The fraction of sp³-hybridized carbons (Fsp3) is 0.176. The van der Waals surface area contributed by atoms with Gasteiger partial charge in [-0.1, -0.05) is 129 Å². The van der Waals surface area contributed by atoms with Gasteiger partial charge >= 0.3 is 0 Å². The molecule has 5 aliphatic rings. The Morgan fingerprint density at radius 1 is 0.698 bits per heavy atom. The van der Waals surface area contributed by atoms with Crippen LogP contribution in [-0.2, 0) is 5.41 Å². The lowest BCUT2D eigenvalue weighted by Gasteiger charge is -2.29. The molecule has 1 heterocycles. The van der Waals surface area contributed by atoms with Gasteiger partial charge in [-0.05, 0) is 125 Å². The van der Waals surface area contributed by atoms with Crippen LogP contribution in [0.15, 0.2) is 164 Å². The highest BCUT2D eigenvalue weighted by Crippen LogP contribution is 2.51. The summed E-state index contributed by atoms with van der Waals surface area (Å²) in [5.41, 5.74) is 17.3. The van der Waals surface area contributed by atoms with Gasteiger partial charge in [-0.15, -0.1) is 0 Å². The van der Waals surface area contributed by atoms with E-state index in [0.29, 0.717) is 5.92 Å². The minimum absolute atomic E-state index is 0.0153. The van der Waals surface area contributed by atoms with Crippen LogP contribution in [0.25, 0.3) is 39.6 Å². The molecule has 0 saturated carbocycles. The molecule has 1 atom stereocenters. The first-order chi connectivity index (χ1) is 26.0. The molecule has 0 amide bonds. The molecule has 5 aliphatic carbocycles. The van der Waals surface area contributed by atoms with Gasteiger partial charge < -0.3 is 9.47 Å². The quantitative estimate of drug-likeness (QED) is 0.173. The highest BCUT2D eigenvalue weighted by atomic mass is 15.1. The van der Waals surface area contributed by atoms with E-state index in [1.165, 1.54) is 72.2 Å². The van der Waals surface area contributed by atoms with E-state index >= 15 is 0 Å². The Labute approximate surface area is 313 Å². The summed E-state index contributed by atoms with van der Waals surface area (Å²) in [6.07, 6.45) is 28.4. The molecule has 5 aromatic rings. The third-order valence-corrected chi connectivity index (χ3v) is 12.2. The van der Waals surface area contributed by atoms with Gasteiger partial charge in [-0.2, -0.15) is 0 Å². The first-order valence-electron chi connectivity index (χ1n) is 19.3. The van der Waals surface area contributed by atoms with Gasteiger partial charge in [-0.3, -0.25) is 0 Å². The predicted octanol–water partition coefficient (Wildman–Crippen LogP) is 11.8. The molecule has 4 aromatic carbocycles. The number of hydrogen-bond donors (Lipinski definition) is 0. The number of aromatic nitrogens is 1. The zero-order valence-electron chi connectivity index (χ0n) is 30.6. The molecular weight excluding hydrogens is 641 g/mol. The molecule has 0 N–H and O–H groups in total. The van der Waals surface area contributed by atoms with Crippen LogP contribution < -0.4 is 15.5 Å². The van der Waals surface area contributed by atoms with Crippen LogP contribution in [0.5, 0.6) is 0 Å². The maximum atomic E-state index is 2.45. The zero-order chi connectivity index (χ0) is 35.5. The molecule has 0 radical (unpaired) electrons. The molecule has 0 saturated heterocycles. The monoisotopic (exact) mass is 684 g/mol. The molecule has 10 rings (SSSR count). The van der Waals surface area contributed by atoms with Crippen LogP contribution in [-0.4, -0.2) is 4.57 Å². The minimum Gasteiger partial charge on any atom is -0.321 e. The Bertz CT molecular complexity index is 2580. The Morgan fingerprint density at radius 2 is 1.45 bits per heavy atom. The van der Waals surface area contributed by atoms with Crippen molar-refractivity contribution in [3.8, 4) is 11.1 Å². The summed E-state index contributed by atoms with van der Waals surface area (Å²) < 4.78 is 2.42. The molecule has 1 unspecified atom stereocenters. The number of fused-ring (bicyclic) bond motifs is 4. The van der Waals surface area contributed by atoms with E-state index in [0.717, 1.165) is 37.8 Å². The lowest BCUT2D eigenvalue weighted by molar-refractivity contribution is 0.607. The van der Waals surface area contributed by atoms with E-state index in [9.17, 15) is 0 Å². The van der Waals surface area contributed by atoms with Crippen LogP contribution in [0.4, 0.5) is 17.1 Å². The van der Waals surface area contributed by atoms with Gasteiger partial charge in [0.15, 0.2) is 0 Å². The van der Waals surface area contributed by atoms with Crippen LogP contribution in [0.3, 0.4) is 0 Å². The van der Waals surface area contributed by atoms with Gasteiger partial charge in [-0.25, -0.2) is 0 Å². The van der Waals surface area contributed by atoms with E-state index in [-0.39, 0.29) is 5.41 Å². The van der Waals surface area contributed by atoms with E-state index in [1.54, 1.807) is 5.57 Å². The van der Waals surface area contributed by atoms with Crippen LogP contribution in [0, 0.1) is 5.92 Å². The van der Waals surface area contributed by atoms with Crippen molar-refractivity contribution in [2.24, 2.45) is 5.92 Å². The lowest BCUT2D eigenvalue weighted by Crippen LogP contribution is -2.35. The van der Waals surface area contributed by atoms with Crippen molar-refractivity contribution in [3.05, 3.63) is 191 Å². The number of nitrogens with zero attached hydrogens (tertiary/aromatic N) is 2. The molecular formula is C51H44N2. The van der Waals surface area contributed by atoms with Gasteiger partial charge in [0.1, 0.15) is 0 Å². The van der Waals surface area contributed by atoms with Crippen molar-refractivity contribution in [1.82, 2.24) is 4.57 Å². The molecule has 0 fully saturated rings. The van der Waals surface area contributed by atoms with Gasteiger partial charge in [0.05, 0.1) is 0 Å². The normalized spacial score (nSPS) is 19.1. The smallest absolute Gasteiger partial charge is 0.0488 e. The van der Waals surface area contributed by atoms with Crippen molar-refractivity contribution in [2.45, 2.75) is 51.4 Å². The third kappa shape index (κ3) is 5.39. The molecule has 2 heteroatoms. The Hall–Kier alpha value is -5.86. The standard InChI is InChI=1S/C51H44N2/c1-51(2)48-15-9-8-14-45(48)46-30-29-43(34-49(46)51)53(41-25-18-36(19-26-41)35-10-4-3-5-11-35)42-27-20-38(21-28-42)37-16-23-40(24-17-37)52-33-32-47-44-13-7-6-12-39(44)22-31-50(47)52/h3-8,10-14,16,18-21,23,25-34,39H,9,15,17,22,24H2,1-2H3. The van der Waals surface area contributed by atoms with Crippen molar-refractivity contribution < 1.29 is 0 Å². The van der Waals surface area contributed by atoms with Gasteiger partial charge in [0.2, 0.25) is 0 Å². The SMILES string of the molecule is CC1(C)C2=C(C=CCC2)c2ccc(N(c3ccc(C4=CC=C(n5ccc6c5=CCC5C=CC=CC=65)CC4)cc3)c3ccc(-c4ccccc4)cc3)cc21. The summed E-state index contributed by atoms with van der Waals surface area (Å²) in [5.74, 6) is 0.511. The molecule has 53 heavy (non-hydrogen) atoms. The molecule has 0 spiro atoms. The number of benzene rings is 4. The summed E-state index contributed by atoms with van der Waals surface area (Å²) >= 11 is 0. The van der Waals surface area contributed by atoms with Crippen molar-refractivity contribution in [3.63, 3.8) is 0 Å². The second-order valence-electron chi connectivity index (χ2n) is 15.6. The average molecular weight is 685 g/mol. The maximum absolute atomic E-state index is 2.45. The highest BCUT2D eigenvalue weighted by Gasteiger charge is 2.37. The van der Waals surface area contributed by atoms with Gasteiger partial charge in [0.25, 0.3) is 0 Å². The Kier molecular flexibility index (Phi) is 7.61. The average Bonchev–Trinajstić information content (AvgIpc) is 3.76. The third-order valence-electron chi connectivity index (χ3n) is 12.2.